The number of hydrogen-bond donors (Lipinski definition) is 1. The Hall–Kier alpha value is -3.27. The lowest BCUT2D eigenvalue weighted by atomic mass is 9.97. The SMILES string of the molecule is CCOC(=O)C1CCN(C(=O)Cc2csc(NC(=O)CN(C(=O)c3ccc(C)cc3)C(C)C)n2)CC1. The Morgan fingerprint density at radius 3 is 2.44 bits per heavy atom. The number of amides is 3. The molecule has 1 aromatic heterocycles. The summed E-state index contributed by atoms with van der Waals surface area (Å²) in [4.78, 5) is 57.8. The topological polar surface area (TPSA) is 109 Å². The second kappa shape index (κ2) is 12.6. The van der Waals surface area contributed by atoms with Gasteiger partial charge >= 0.3 is 5.97 Å². The Morgan fingerprint density at radius 1 is 1.17 bits per heavy atom. The van der Waals surface area contributed by atoms with E-state index in [4.69, 9.17) is 4.74 Å². The number of rotatable bonds is 9. The van der Waals surface area contributed by atoms with Gasteiger partial charge in [0.05, 0.1) is 24.6 Å². The van der Waals surface area contributed by atoms with Crippen LogP contribution in [0.5, 0.6) is 0 Å². The zero-order valence-electron chi connectivity index (χ0n) is 21.3. The van der Waals surface area contributed by atoms with Gasteiger partial charge in [0.15, 0.2) is 5.13 Å². The summed E-state index contributed by atoms with van der Waals surface area (Å²) < 4.78 is 5.08. The molecule has 194 valence electrons. The predicted molar refractivity (Wildman–Crippen MR) is 138 cm³/mol. The lowest BCUT2D eigenvalue weighted by Gasteiger charge is -2.30. The summed E-state index contributed by atoms with van der Waals surface area (Å²) in [6, 6.07) is 7.09. The molecule has 0 spiro atoms. The fraction of sp³-hybridized carbons (Fsp3) is 0.500. The zero-order valence-corrected chi connectivity index (χ0v) is 22.1. The van der Waals surface area contributed by atoms with Crippen LogP contribution in [-0.4, -0.2) is 70.8 Å². The molecule has 3 amide bonds. The van der Waals surface area contributed by atoms with Crippen molar-refractivity contribution in [1.82, 2.24) is 14.8 Å². The van der Waals surface area contributed by atoms with Gasteiger partial charge < -0.3 is 19.9 Å². The number of benzene rings is 1. The quantitative estimate of drug-likeness (QED) is 0.515. The Bertz CT molecular complexity index is 1070. The molecular weight excluding hydrogens is 480 g/mol. The second-order valence-electron chi connectivity index (χ2n) is 9.17. The minimum absolute atomic E-state index is 0.0600. The molecule has 3 rings (SSSR count). The molecule has 10 heteroatoms. The third kappa shape index (κ3) is 7.36. The fourth-order valence-electron chi connectivity index (χ4n) is 4.00. The van der Waals surface area contributed by atoms with E-state index in [0.717, 1.165) is 5.56 Å². The van der Waals surface area contributed by atoms with Crippen molar-refractivity contribution in [3.8, 4) is 0 Å². The van der Waals surface area contributed by atoms with E-state index in [1.807, 2.05) is 32.9 Å². The van der Waals surface area contributed by atoms with E-state index in [9.17, 15) is 19.2 Å². The first-order chi connectivity index (χ1) is 17.2. The number of carbonyl (C=O) groups is 4. The predicted octanol–water partition coefficient (Wildman–Crippen LogP) is 3.29. The first-order valence-corrected chi connectivity index (χ1v) is 13.1. The van der Waals surface area contributed by atoms with Crippen molar-refractivity contribution in [2.24, 2.45) is 5.92 Å². The minimum atomic E-state index is -0.350. The number of thiazole rings is 1. The Balaban J connectivity index is 1.51. The first-order valence-electron chi connectivity index (χ1n) is 12.2. The van der Waals surface area contributed by atoms with Crippen molar-refractivity contribution < 1.29 is 23.9 Å². The minimum Gasteiger partial charge on any atom is -0.466 e. The average molecular weight is 515 g/mol. The molecule has 0 bridgehead atoms. The molecule has 1 N–H and O–H groups in total. The number of esters is 1. The highest BCUT2D eigenvalue weighted by Gasteiger charge is 2.28. The third-order valence-corrected chi connectivity index (χ3v) is 6.90. The molecule has 2 aromatic rings. The van der Waals surface area contributed by atoms with E-state index in [1.165, 1.54) is 16.2 Å². The van der Waals surface area contributed by atoms with Crippen LogP contribution in [0.2, 0.25) is 0 Å². The second-order valence-corrected chi connectivity index (χ2v) is 10.0. The van der Waals surface area contributed by atoms with Crippen LogP contribution in [0.25, 0.3) is 0 Å². The van der Waals surface area contributed by atoms with Gasteiger partial charge in [0.2, 0.25) is 11.8 Å². The number of carbonyl (C=O) groups excluding carboxylic acids is 4. The molecule has 0 aliphatic carbocycles. The van der Waals surface area contributed by atoms with Gasteiger partial charge in [0, 0.05) is 30.1 Å². The van der Waals surface area contributed by atoms with Crippen molar-refractivity contribution in [3.63, 3.8) is 0 Å². The van der Waals surface area contributed by atoms with Crippen LogP contribution in [0.3, 0.4) is 0 Å². The molecule has 9 nitrogen and oxygen atoms in total. The number of aryl methyl sites for hydroxylation is 1. The molecule has 0 saturated carbocycles. The number of anilines is 1. The van der Waals surface area contributed by atoms with Gasteiger partial charge in [-0.25, -0.2) is 4.98 Å². The number of nitrogens with zero attached hydrogens (tertiary/aromatic N) is 3. The summed E-state index contributed by atoms with van der Waals surface area (Å²) in [5.41, 5.74) is 2.16. The average Bonchev–Trinajstić information content (AvgIpc) is 3.29. The molecule has 1 fully saturated rings. The van der Waals surface area contributed by atoms with Crippen molar-refractivity contribution in [2.75, 3.05) is 31.6 Å². The highest BCUT2D eigenvalue weighted by molar-refractivity contribution is 7.13. The molecule has 1 aliphatic heterocycles. The number of nitrogens with one attached hydrogen (secondary N) is 1. The largest absolute Gasteiger partial charge is 0.466 e. The molecule has 1 aliphatic rings. The molecule has 36 heavy (non-hydrogen) atoms. The number of ether oxygens (including phenoxy) is 1. The van der Waals surface area contributed by atoms with Gasteiger partial charge in [-0.2, -0.15) is 0 Å². The molecule has 2 heterocycles. The van der Waals surface area contributed by atoms with E-state index < -0.39 is 0 Å². The third-order valence-electron chi connectivity index (χ3n) is 6.09. The van der Waals surface area contributed by atoms with Gasteiger partial charge in [-0.15, -0.1) is 11.3 Å². The van der Waals surface area contributed by atoms with Gasteiger partial charge in [0.25, 0.3) is 5.91 Å². The fourth-order valence-corrected chi connectivity index (χ4v) is 4.73. The van der Waals surface area contributed by atoms with Crippen LogP contribution in [0.1, 0.15) is 55.2 Å². The lowest BCUT2D eigenvalue weighted by molar-refractivity contribution is -0.151. The highest BCUT2D eigenvalue weighted by Crippen LogP contribution is 2.21. The summed E-state index contributed by atoms with van der Waals surface area (Å²) in [5.74, 6) is -0.968. The molecular formula is C26H34N4O5S. The summed E-state index contributed by atoms with van der Waals surface area (Å²) in [6.45, 7) is 8.74. The van der Waals surface area contributed by atoms with Crippen LogP contribution in [-0.2, 0) is 25.5 Å². The summed E-state index contributed by atoms with van der Waals surface area (Å²) in [6.07, 6.45) is 1.31. The number of piperidine rings is 1. The van der Waals surface area contributed by atoms with Crippen molar-refractivity contribution in [1.29, 1.82) is 0 Å². The van der Waals surface area contributed by atoms with Gasteiger partial charge in [-0.1, -0.05) is 17.7 Å². The van der Waals surface area contributed by atoms with Crippen LogP contribution in [0.15, 0.2) is 29.6 Å². The van der Waals surface area contributed by atoms with Gasteiger partial charge in [0.1, 0.15) is 6.54 Å². The number of likely N-dealkylation sites (tertiary alicyclic amines) is 1. The van der Waals surface area contributed by atoms with Gasteiger partial charge in [-0.3, -0.25) is 19.2 Å². The van der Waals surface area contributed by atoms with E-state index in [1.54, 1.807) is 29.3 Å². The van der Waals surface area contributed by atoms with E-state index >= 15 is 0 Å². The summed E-state index contributed by atoms with van der Waals surface area (Å²) in [5, 5.41) is 4.88. The normalized spacial score (nSPS) is 14.0. The zero-order chi connectivity index (χ0) is 26.2. The Kier molecular flexibility index (Phi) is 9.58. The van der Waals surface area contributed by atoms with Crippen molar-refractivity contribution >= 4 is 40.2 Å². The van der Waals surface area contributed by atoms with E-state index in [0.29, 0.717) is 48.9 Å². The number of aromatic nitrogens is 1. The molecule has 0 radical (unpaired) electrons. The summed E-state index contributed by atoms with van der Waals surface area (Å²) in [7, 11) is 0. The van der Waals surface area contributed by atoms with Crippen LogP contribution in [0, 0.1) is 12.8 Å². The lowest BCUT2D eigenvalue weighted by Crippen LogP contribution is -2.42. The highest BCUT2D eigenvalue weighted by atomic mass is 32.1. The number of hydrogen-bond acceptors (Lipinski definition) is 7. The van der Waals surface area contributed by atoms with Crippen LogP contribution >= 0.6 is 11.3 Å². The van der Waals surface area contributed by atoms with Crippen molar-refractivity contribution in [3.05, 3.63) is 46.5 Å². The maximum Gasteiger partial charge on any atom is 0.309 e. The molecule has 1 aromatic carbocycles. The summed E-state index contributed by atoms with van der Waals surface area (Å²) >= 11 is 1.24. The molecule has 1 saturated heterocycles. The first kappa shape index (κ1) is 27.3. The van der Waals surface area contributed by atoms with Crippen molar-refractivity contribution in [2.45, 2.75) is 53.0 Å². The maximum absolute atomic E-state index is 12.9. The van der Waals surface area contributed by atoms with E-state index in [2.05, 4.69) is 10.3 Å². The standard InChI is InChI=1S/C26H34N4O5S/c1-5-35-25(34)20-10-12-29(13-11-20)23(32)14-21-16-36-26(27-21)28-22(31)15-30(17(2)3)24(33)19-8-6-18(4)7-9-19/h6-9,16-17,20H,5,10-15H2,1-4H3,(H,27,28,31). The smallest absolute Gasteiger partial charge is 0.309 e. The Labute approximate surface area is 215 Å². The molecule has 0 unspecified atom stereocenters. The van der Waals surface area contributed by atoms with Crippen LogP contribution < -0.4 is 5.32 Å². The monoisotopic (exact) mass is 514 g/mol. The maximum atomic E-state index is 12.9. The Morgan fingerprint density at radius 2 is 1.83 bits per heavy atom. The van der Waals surface area contributed by atoms with Crippen LogP contribution in [0.4, 0.5) is 5.13 Å². The van der Waals surface area contributed by atoms with Gasteiger partial charge in [-0.05, 0) is 52.7 Å². The van der Waals surface area contributed by atoms with E-state index in [-0.39, 0.29) is 48.6 Å². The molecule has 0 atom stereocenters.